The standard InChI is InChI=1S/C36H61N3O27/c1-11(44)37-14(6-40)28(25(54)19(51)10-61-35(33(57)58)4-15(47)21(38-12(2)45)29(64-35)23(52)17(49)7-41)63-32-27(56)31(26(55)20(9-43)62-32)66-36(34(59)60)5-16(48)22(39-13(3)46)30(65-36)24(53)18(50)8-42/h14-32,40-43,47-56H,4-10H2,1-3H3,(H,37,44)(H,38,45)(H,39,46)(H,57,58)(H,59,60)/t14-,15-,16-,17+,18+,19+,20+,21+,22+,23+,24+,25-,26+,27+,28+,29+,30+,31-,32-,35+,36-/m0/s1. The van der Waals surface area contributed by atoms with Crippen molar-refractivity contribution in [1.29, 1.82) is 0 Å². The number of hydrogen-bond donors (Lipinski definition) is 19. The van der Waals surface area contributed by atoms with Crippen LogP contribution in [0.25, 0.3) is 0 Å². The lowest BCUT2D eigenvalue weighted by Crippen LogP contribution is -2.70. The smallest absolute Gasteiger partial charge is 0.364 e. The van der Waals surface area contributed by atoms with Crippen LogP contribution in [0.15, 0.2) is 0 Å². The van der Waals surface area contributed by atoms with Crippen molar-refractivity contribution in [1.82, 2.24) is 16.0 Å². The summed E-state index contributed by atoms with van der Waals surface area (Å²) in [6, 6.07) is -5.10. The molecule has 0 bridgehead atoms. The van der Waals surface area contributed by atoms with E-state index in [-0.39, 0.29) is 0 Å². The number of carboxylic acid groups (broad SMARTS) is 2. The molecule has 3 aliphatic rings. The highest BCUT2D eigenvalue weighted by Crippen LogP contribution is 2.38. The van der Waals surface area contributed by atoms with Crippen LogP contribution in [0.3, 0.4) is 0 Å². The van der Waals surface area contributed by atoms with Crippen LogP contribution < -0.4 is 16.0 Å². The van der Waals surface area contributed by atoms with Crippen molar-refractivity contribution >= 4 is 29.7 Å². The Morgan fingerprint density at radius 1 is 0.667 bits per heavy atom. The van der Waals surface area contributed by atoms with Gasteiger partial charge < -0.3 is 126 Å². The number of carbonyl (C=O) groups excluding carboxylic acids is 3. The number of aliphatic hydroxyl groups is 14. The first kappa shape index (κ1) is 56.9. The molecule has 3 fully saturated rings. The van der Waals surface area contributed by atoms with Crippen LogP contribution in [0.1, 0.15) is 33.6 Å². The fourth-order valence-electron chi connectivity index (χ4n) is 7.65. The van der Waals surface area contributed by atoms with Crippen LogP contribution in [0.2, 0.25) is 0 Å². The van der Waals surface area contributed by atoms with Crippen molar-refractivity contribution in [2.24, 2.45) is 0 Å². The minimum Gasteiger partial charge on any atom is -0.477 e. The molecule has 3 heterocycles. The average Bonchev–Trinajstić information content (AvgIpc) is 3.25. The quantitative estimate of drug-likeness (QED) is 0.0452. The van der Waals surface area contributed by atoms with E-state index < -0.39 is 203 Å². The highest BCUT2D eigenvalue weighted by Gasteiger charge is 2.60. The lowest BCUT2D eigenvalue weighted by Gasteiger charge is -2.50. The molecule has 66 heavy (non-hydrogen) atoms. The maximum Gasteiger partial charge on any atom is 0.364 e. The fourth-order valence-corrected chi connectivity index (χ4v) is 7.65. The molecule has 0 radical (unpaired) electrons. The third-order valence-electron chi connectivity index (χ3n) is 11.0. The summed E-state index contributed by atoms with van der Waals surface area (Å²) in [5.41, 5.74) is 0. The number of carbonyl (C=O) groups is 5. The minimum absolute atomic E-state index is 0.808. The SMILES string of the molecule is CC(=O)N[C@H]1[C@H]([C@H](O)[C@H](O)CO)O[C@@](OC[C@@H](O)[C@H](O)[C@H](O[C@@H]2O[C@H](CO)[C@@H](O)[C@H](O[C@]3(C(=O)O)C[C@H](O)[C@@H](NC(C)=O)[C@H]([C@H](O)[C@H](O)CO)O3)[C@H]2O)[C@H](CO)NC(C)=O)(C(=O)O)C[C@@H]1O. The second kappa shape index (κ2) is 24.2. The first-order chi connectivity index (χ1) is 30.7. The molecule has 19 N–H and O–H groups in total. The van der Waals surface area contributed by atoms with Gasteiger partial charge >= 0.3 is 11.9 Å². The summed E-state index contributed by atoms with van der Waals surface area (Å²) in [5.74, 6) is -13.0. The van der Waals surface area contributed by atoms with E-state index in [4.69, 9.17) is 28.4 Å². The molecule has 0 aromatic carbocycles. The normalized spacial score (nSPS) is 36.3. The Labute approximate surface area is 373 Å². The van der Waals surface area contributed by atoms with E-state index in [0.717, 1.165) is 20.8 Å². The second-order valence-corrected chi connectivity index (χ2v) is 16.0. The monoisotopic (exact) mass is 967 g/mol. The molecule has 21 atom stereocenters. The summed E-state index contributed by atoms with van der Waals surface area (Å²) in [7, 11) is 0. The summed E-state index contributed by atoms with van der Waals surface area (Å²) in [4.78, 5) is 61.6. The van der Waals surface area contributed by atoms with Crippen molar-refractivity contribution < 1.29 is 134 Å². The summed E-state index contributed by atoms with van der Waals surface area (Å²) < 4.78 is 33.2. The van der Waals surface area contributed by atoms with Gasteiger partial charge in [-0.2, -0.15) is 0 Å². The van der Waals surface area contributed by atoms with Crippen molar-refractivity contribution in [3.63, 3.8) is 0 Å². The van der Waals surface area contributed by atoms with E-state index in [1.54, 1.807) is 0 Å². The Hall–Kier alpha value is -3.45. The molecule has 0 aromatic heterocycles. The molecule has 3 saturated heterocycles. The summed E-state index contributed by atoms with van der Waals surface area (Å²) in [6.45, 7) is -3.00. The fraction of sp³-hybridized carbons (Fsp3) is 0.861. The zero-order chi connectivity index (χ0) is 50.2. The van der Waals surface area contributed by atoms with E-state index >= 15 is 0 Å². The van der Waals surface area contributed by atoms with Crippen molar-refractivity contribution in [3.05, 3.63) is 0 Å². The second-order valence-electron chi connectivity index (χ2n) is 16.0. The first-order valence-electron chi connectivity index (χ1n) is 20.3. The van der Waals surface area contributed by atoms with E-state index in [0.29, 0.717) is 0 Å². The maximum atomic E-state index is 12.9. The van der Waals surface area contributed by atoms with Crippen LogP contribution in [0.5, 0.6) is 0 Å². The molecule has 3 aliphatic heterocycles. The molecular weight excluding hydrogens is 906 g/mol. The molecule has 0 aliphatic carbocycles. The van der Waals surface area contributed by atoms with Crippen molar-refractivity contribution in [2.75, 3.05) is 33.0 Å². The van der Waals surface area contributed by atoms with Crippen LogP contribution in [0, 0.1) is 0 Å². The molecular formula is C36H61N3O27. The van der Waals surface area contributed by atoms with Crippen LogP contribution in [-0.2, 0) is 52.4 Å². The lowest BCUT2D eigenvalue weighted by molar-refractivity contribution is -0.376. The van der Waals surface area contributed by atoms with Gasteiger partial charge in [0.1, 0.15) is 79.4 Å². The Morgan fingerprint density at radius 3 is 1.55 bits per heavy atom. The van der Waals surface area contributed by atoms with E-state index in [1.807, 2.05) is 0 Å². The number of aliphatic carboxylic acids is 2. The molecule has 3 rings (SSSR count). The predicted octanol–water partition coefficient (Wildman–Crippen LogP) is -11.3. The molecule has 30 nitrogen and oxygen atoms in total. The van der Waals surface area contributed by atoms with Gasteiger partial charge in [0, 0.05) is 33.6 Å². The van der Waals surface area contributed by atoms with Crippen molar-refractivity contribution in [2.45, 2.75) is 161 Å². The topological polar surface area (TPSA) is 500 Å². The summed E-state index contributed by atoms with van der Waals surface area (Å²) in [5, 5.41) is 176. The van der Waals surface area contributed by atoms with Crippen LogP contribution >= 0.6 is 0 Å². The first-order valence-corrected chi connectivity index (χ1v) is 20.3. The molecule has 3 amide bonds. The van der Waals surface area contributed by atoms with E-state index in [9.17, 15) is 106 Å². The van der Waals surface area contributed by atoms with Gasteiger partial charge in [-0.15, -0.1) is 0 Å². The van der Waals surface area contributed by atoms with Gasteiger partial charge in [-0.1, -0.05) is 0 Å². The highest BCUT2D eigenvalue weighted by atomic mass is 16.8. The molecule has 30 heteroatoms. The minimum atomic E-state index is -3.22. The Morgan fingerprint density at radius 2 is 1.14 bits per heavy atom. The Kier molecular flexibility index (Phi) is 20.9. The number of hydrogen-bond acceptors (Lipinski definition) is 25. The van der Waals surface area contributed by atoms with Gasteiger partial charge in [0.05, 0.1) is 63.4 Å². The summed E-state index contributed by atoms with van der Waals surface area (Å²) in [6.07, 6.45) is -37.2. The lowest BCUT2D eigenvalue weighted by atomic mass is 9.88. The average molecular weight is 968 g/mol. The third kappa shape index (κ3) is 13.2. The largest absolute Gasteiger partial charge is 0.477 e. The number of rotatable bonds is 23. The van der Waals surface area contributed by atoms with Gasteiger partial charge in [-0.25, -0.2) is 9.59 Å². The molecule has 0 aromatic rings. The van der Waals surface area contributed by atoms with Crippen molar-refractivity contribution in [3.8, 4) is 0 Å². The maximum absolute atomic E-state index is 12.9. The number of amides is 3. The Bertz CT molecular complexity index is 1630. The van der Waals surface area contributed by atoms with Gasteiger partial charge in [0.2, 0.25) is 17.7 Å². The number of ether oxygens (including phenoxy) is 6. The van der Waals surface area contributed by atoms with E-state index in [2.05, 4.69) is 16.0 Å². The summed E-state index contributed by atoms with van der Waals surface area (Å²) >= 11 is 0. The third-order valence-corrected chi connectivity index (χ3v) is 11.0. The van der Waals surface area contributed by atoms with Gasteiger partial charge in [0.15, 0.2) is 6.29 Å². The molecule has 0 saturated carbocycles. The predicted molar refractivity (Wildman–Crippen MR) is 205 cm³/mol. The number of carboxylic acids is 2. The number of aliphatic hydroxyl groups excluding tert-OH is 14. The number of nitrogens with one attached hydrogen (secondary N) is 3. The molecule has 0 unspecified atom stereocenters. The van der Waals surface area contributed by atoms with Crippen LogP contribution in [-0.4, -0.2) is 272 Å². The van der Waals surface area contributed by atoms with Gasteiger partial charge in [-0.05, 0) is 0 Å². The molecule has 382 valence electrons. The Balaban J connectivity index is 2.00. The van der Waals surface area contributed by atoms with Gasteiger partial charge in [-0.3, -0.25) is 14.4 Å². The zero-order valence-corrected chi connectivity index (χ0v) is 35.6. The molecule has 0 spiro atoms. The zero-order valence-electron chi connectivity index (χ0n) is 35.6. The van der Waals surface area contributed by atoms with Gasteiger partial charge in [0.25, 0.3) is 11.6 Å². The van der Waals surface area contributed by atoms with E-state index in [1.165, 1.54) is 0 Å². The van der Waals surface area contributed by atoms with Crippen LogP contribution in [0.4, 0.5) is 0 Å². The highest BCUT2D eigenvalue weighted by molar-refractivity contribution is 5.77.